The van der Waals surface area contributed by atoms with Crippen molar-refractivity contribution in [1.29, 1.82) is 0 Å². The minimum Gasteiger partial charge on any atom is -0.506 e. The average molecular weight is 310 g/mol. The van der Waals surface area contributed by atoms with Crippen LogP contribution in [0.4, 0.5) is 5.69 Å². The van der Waals surface area contributed by atoms with Gasteiger partial charge in [-0.2, -0.15) is 0 Å². The third-order valence-corrected chi connectivity index (χ3v) is 5.53. The zero-order valence-corrected chi connectivity index (χ0v) is 13.3. The number of phenols is 1. The summed E-state index contributed by atoms with van der Waals surface area (Å²) < 4.78 is 5.98. The molecule has 2 fully saturated rings. The number of hydrogen-bond donors (Lipinski definition) is 2. The third kappa shape index (κ3) is 2.74. The molecule has 1 aromatic carbocycles. The Balaban J connectivity index is 1.73. The second kappa shape index (κ2) is 6.05. The highest BCUT2D eigenvalue weighted by atomic mass is 35.5. The first-order valence-corrected chi connectivity index (χ1v) is 8.40. The van der Waals surface area contributed by atoms with Crippen LogP contribution in [0.1, 0.15) is 45.4 Å². The van der Waals surface area contributed by atoms with E-state index in [9.17, 15) is 5.11 Å². The molecule has 3 rings (SSSR count). The standard InChI is InChI=1S/C17H24ClNO2/c1-2-21-16-11-15(17(16)8-4-3-5-9-17)19-12-6-7-14(20)13(18)10-12/h6-7,10,15-16,19-20H,2-5,8-9,11H2,1H3. The maximum absolute atomic E-state index is 9.52. The Morgan fingerprint density at radius 3 is 2.76 bits per heavy atom. The lowest BCUT2D eigenvalue weighted by Crippen LogP contribution is -2.62. The van der Waals surface area contributed by atoms with E-state index in [1.165, 1.54) is 32.1 Å². The molecule has 2 aliphatic rings. The Kier molecular flexibility index (Phi) is 4.32. The van der Waals surface area contributed by atoms with Crippen LogP contribution < -0.4 is 5.32 Å². The molecule has 0 aromatic heterocycles. The fourth-order valence-corrected chi connectivity index (χ4v) is 4.24. The average Bonchev–Trinajstić information content (AvgIpc) is 2.50. The third-order valence-electron chi connectivity index (χ3n) is 5.23. The van der Waals surface area contributed by atoms with Crippen molar-refractivity contribution >= 4 is 17.3 Å². The molecule has 3 nitrogen and oxygen atoms in total. The van der Waals surface area contributed by atoms with Crippen LogP contribution >= 0.6 is 11.6 Å². The van der Waals surface area contributed by atoms with Gasteiger partial charge in [-0.25, -0.2) is 0 Å². The molecule has 0 saturated heterocycles. The highest BCUT2D eigenvalue weighted by Crippen LogP contribution is 2.54. The second-order valence-corrected chi connectivity index (χ2v) is 6.74. The first-order valence-electron chi connectivity index (χ1n) is 8.02. The van der Waals surface area contributed by atoms with Gasteiger partial charge in [0.05, 0.1) is 11.1 Å². The first kappa shape index (κ1) is 15.0. The van der Waals surface area contributed by atoms with E-state index in [-0.39, 0.29) is 5.75 Å². The van der Waals surface area contributed by atoms with Gasteiger partial charge in [0, 0.05) is 23.8 Å². The molecule has 2 saturated carbocycles. The highest BCUT2D eigenvalue weighted by molar-refractivity contribution is 6.32. The molecule has 1 aromatic rings. The van der Waals surface area contributed by atoms with E-state index in [1.54, 1.807) is 12.1 Å². The van der Waals surface area contributed by atoms with E-state index in [1.807, 2.05) is 6.07 Å². The van der Waals surface area contributed by atoms with Gasteiger partial charge >= 0.3 is 0 Å². The lowest BCUT2D eigenvalue weighted by atomic mass is 9.55. The smallest absolute Gasteiger partial charge is 0.134 e. The molecule has 21 heavy (non-hydrogen) atoms. The van der Waals surface area contributed by atoms with Crippen LogP contribution in [0.15, 0.2) is 18.2 Å². The van der Waals surface area contributed by atoms with Crippen LogP contribution in [0.5, 0.6) is 5.75 Å². The molecule has 0 aliphatic heterocycles. The van der Waals surface area contributed by atoms with Crippen LogP contribution in [0, 0.1) is 5.41 Å². The van der Waals surface area contributed by atoms with Crippen LogP contribution in [-0.4, -0.2) is 23.9 Å². The van der Waals surface area contributed by atoms with E-state index >= 15 is 0 Å². The van der Waals surface area contributed by atoms with Crippen molar-refractivity contribution in [3.05, 3.63) is 23.2 Å². The molecule has 4 heteroatoms. The monoisotopic (exact) mass is 309 g/mol. The first-order chi connectivity index (χ1) is 10.2. The summed E-state index contributed by atoms with van der Waals surface area (Å²) in [5.41, 5.74) is 1.28. The molecule has 2 aliphatic carbocycles. The zero-order chi connectivity index (χ0) is 14.9. The fraction of sp³-hybridized carbons (Fsp3) is 0.647. The molecule has 0 radical (unpaired) electrons. The van der Waals surface area contributed by atoms with Crippen LogP contribution in [0.2, 0.25) is 5.02 Å². The predicted octanol–water partition coefficient (Wildman–Crippen LogP) is 4.59. The van der Waals surface area contributed by atoms with Gasteiger partial charge in [0.1, 0.15) is 5.75 Å². The normalized spacial score (nSPS) is 27.3. The molecule has 2 atom stereocenters. The van der Waals surface area contributed by atoms with Crippen molar-refractivity contribution < 1.29 is 9.84 Å². The summed E-state index contributed by atoms with van der Waals surface area (Å²) in [4.78, 5) is 0. The number of hydrogen-bond acceptors (Lipinski definition) is 3. The van der Waals surface area contributed by atoms with Gasteiger partial charge in [0.2, 0.25) is 0 Å². The molecule has 2 unspecified atom stereocenters. The second-order valence-electron chi connectivity index (χ2n) is 6.34. The Morgan fingerprint density at radius 2 is 2.10 bits per heavy atom. The summed E-state index contributed by atoms with van der Waals surface area (Å²) in [6.45, 7) is 2.88. The Labute approximate surface area is 131 Å². The minimum atomic E-state index is 0.135. The molecular formula is C17H24ClNO2. The summed E-state index contributed by atoms with van der Waals surface area (Å²) in [6.07, 6.45) is 7.91. The van der Waals surface area contributed by atoms with Crippen molar-refractivity contribution in [3.63, 3.8) is 0 Å². The number of halogens is 1. The lowest BCUT2D eigenvalue weighted by Gasteiger charge is -2.58. The Hall–Kier alpha value is -0.930. The summed E-state index contributed by atoms with van der Waals surface area (Å²) in [5, 5.41) is 13.5. The maximum Gasteiger partial charge on any atom is 0.134 e. The number of aromatic hydroxyl groups is 1. The topological polar surface area (TPSA) is 41.5 Å². The van der Waals surface area contributed by atoms with Gasteiger partial charge in [-0.1, -0.05) is 30.9 Å². The van der Waals surface area contributed by atoms with E-state index in [2.05, 4.69) is 12.2 Å². The van der Waals surface area contributed by atoms with Gasteiger partial charge in [-0.3, -0.25) is 0 Å². The van der Waals surface area contributed by atoms with E-state index in [4.69, 9.17) is 16.3 Å². The van der Waals surface area contributed by atoms with E-state index < -0.39 is 0 Å². The quantitative estimate of drug-likeness (QED) is 0.800. The van der Waals surface area contributed by atoms with Crippen molar-refractivity contribution in [3.8, 4) is 5.75 Å². The molecule has 0 bridgehead atoms. The number of anilines is 1. The Bertz CT molecular complexity index is 500. The molecular weight excluding hydrogens is 286 g/mol. The molecule has 0 heterocycles. The zero-order valence-electron chi connectivity index (χ0n) is 12.6. The van der Waals surface area contributed by atoms with Crippen molar-refractivity contribution in [1.82, 2.24) is 0 Å². The molecule has 0 amide bonds. The summed E-state index contributed by atoms with van der Waals surface area (Å²) >= 11 is 6.00. The summed E-state index contributed by atoms with van der Waals surface area (Å²) in [7, 11) is 0. The lowest BCUT2D eigenvalue weighted by molar-refractivity contribution is -0.134. The number of benzene rings is 1. The minimum absolute atomic E-state index is 0.135. The Morgan fingerprint density at radius 1 is 1.33 bits per heavy atom. The molecule has 116 valence electrons. The van der Waals surface area contributed by atoms with E-state index in [0.29, 0.717) is 22.6 Å². The molecule has 1 spiro atoms. The fourth-order valence-electron chi connectivity index (χ4n) is 4.06. The number of ether oxygens (including phenoxy) is 1. The van der Waals surface area contributed by atoms with Gasteiger partial charge in [0.15, 0.2) is 0 Å². The SMILES string of the molecule is CCOC1CC(Nc2ccc(O)c(Cl)c2)C12CCCCC2. The van der Waals surface area contributed by atoms with Crippen LogP contribution in [0.25, 0.3) is 0 Å². The summed E-state index contributed by atoms with van der Waals surface area (Å²) in [6, 6.07) is 5.80. The number of phenolic OH excluding ortho intramolecular Hbond substituents is 1. The predicted molar refractivity (Wildman–Crippen MR) is 86.1 cm³/mol. The highest BCUT2D eigenvalue weighted by Gasteiger charge is 2.55. The van der Waals surface area contributed by atoms with Crippen molar-refractivity contribution in [2.75, 3.05) is 11.9 Å². The maximum atomic E-state index is 9.52. The summed E-state index contributed by atoms with van der Waals surface area (Å²) in [5.74, 6) is 0.135. The van der Waals surface area contributed by atoms with E-state index in [0.717, 1.165) is 18.7 Å². The van der Waals surface area contributed by atoms with Gasteiger partial charge in [-0.15, -0.1) is 0 Å². The van der Waals surface area contributed by atoms with Gasteiger partial charge < -0.3 is 15.2 Å². The van der Waals surface area contributed by atoms with Crippen LogP contribution in [-0.2, 0) is 4.74 Å². The molecule has 2 N–H and O–H groups in total. The van der Waals surface area contributed by atoms with Crippen molar-refractivity contribution in [2.24, 2.45) is 5.41 Å². The van der Waals surface area contributed by atoms with Crippen LogP contribution in [0.3, 0.4) is 0 Å². The largest absolute Gasteiger partial charge is 0.506 e. The van der Waals surface area contributed by atoms with Gasteiger partial charge in [0.25, 0.3) is 0 Å². The number of rotatable bonds is 4. The van der Waals surface area contributed by atoms with Crippen molar-refractivity contribution in [2.45, 2.75) is 57.6 Å². The number of nitrogens with one attached hydrogen (secondary N) is 1. The van der Waals surface area contributed by atoms with Gasteiger partial charge in [-0.05, 0) is 44.4 Å².